The number of benzene rings is 8. The molecule has 0 N–H and O–H groups in total. The fourth-order valence-electron chi connectivity index (χ4n) is 12.4. The van der Waals surface area contributed by atoms with Crippen molar-refractivity contribution >= 4 is 27.8 Å². The van der Waals surface area contributed by atoms with E-state index in [0.29, 0.717) is 48.3 Å². The minimum atomic E-state index is -3.67. The van der Waals surface area contributed by atoms with Gasteiger partial charge in [-0.25, -0.2) is 0 Å². The van der Waals surface area contributed by atoms with Gasteiger partial charge in [-0.05, 0) is 95.9 Å². The first-order valence-electron chi connectivity index (χ1n) is 27.3. The van der Waals surface area contributed by atoms with Gasteiger partial charge in [-0.2, -0.15) is 0 Å². The van der Waals surface area contributed by atoms with Crippen LogP contribution in [0.5, 0.6) is 0 Å². The number of halogens is 8. The molecule has 4 nitrogen and oxygen atoms in total. The molecule has 4 saturated heterocycles. The van der Waals surface area contributed by atoms with E-state index in [9.17, 15) is 25.9 Å². The lowest BCUT2D eigenvalue weighted by atomic mass is 10.0. The summed E-state index contributed by atoms with van der Waals surface area (Å²) >= 11 is 0. The Balaban J connectivity index is 0.000000200. The van der Waals surface area contributed by atoms with Crippen LogP contribution in [0.25, 0.3) is 0 Å². The summed E-state index contributed by atoms with van der Waals surface area (Å²) in [6.07, 6.45) is 14.3. The maximum atomic E-state index is 9.67. The van der Waals surface area contributed by atoms with E-state index in [1.165, 1.54) is 95.9 Å². The van der Waals surface area contributed by atoms with Crippen molar-refractivity contribution in [1.29, 1.82) is 0 Å². The summed E-state index contributed by atoms with van der Waals surface area (Å²) in [5.41, 5.74) is 11.3. The van der Waals surface area contributed by atoms with Crippen LogP contribution >= 0.6 is 0 Å². The van der Waals surface area contributed by atoms with E-state index < -0.39 is 15.1 Å². The topological polar surface area (TPSA) is 12.5 Å². The summed E-state index contributed by atoms with van der Waals surface area (Å²) in [7, 11) is -7.33. The van der Waals surface area contributed by atoms with Crippen molar-refractivity contribution in [3.8, 4) is 0 Å². The first kappa shape index (κ1) is 59.9. The highest BCUT2D eigenvalue weighted by molar-refractivity contribution is 6.33. The Morgan fingerprint density at radius 3 is 0.575 bits per heavy atom. The molecule has 0 aliphatic carbocycles. The molecule has 412 valence electrons. The van der Waals surface area contributed by atoms with Crippen molar-refractivity contribution < 1.29 is 44.5 Å². The third-order valence-electron chi connectivity index (χ3n) is 15.7. The molecule has 14 heteroatoms. The standard InChI is InChI=1S/2C33H33N2.2BF3.2FH/c2*1-5-13-26(14-6-1)30-21-22-31(27-15-7-2-8-16-27)34(30)25-35-32(28-17-9-3-10-18-28)23-24-33(35)29-19-11-4-12-20-29;2*2-1(3)4;;/h2*1-20,25,30-33H,21-24H2;;;2*1H/q2*+1;;;;/p-2/t2*30-,31-,32-,33-;;;;/m10..../s1. The number of rotatable bonds is 10. The highest BCUT2D eigenvalue weighted by Gasteiger charge is 2.45. The number of nitrogens with zero attached hydrogens (tertiary/aromatic N) is 4. The molecule has 4 aliphatic heterocycles. The summed E-state index contributed by atoms with van der Waals surface area (Å²) in [6.45, 7) is 0. The van der Waals surface area contributed by atoms with Gasteiger partial charge in [-0.1, -0.05) is 243 Å². The van der Waals surface area contributed by atoms with Gasteiger partial charge in [0, 0.05) is 0 Å². The highest BCUT2D eigenvalue weighted by atomic mass is 19.4. The zero-order valence-electron chi connectivity index (χ0n) is 44.5. The molecule has 4 fully saturated rings. The van der Waals surface area contributed by atoms with Crippen molar-refractivity contribution in [2.75, 3.05) is 0 Å². The van der Waals surface area contributed by atoms with Crippen LogP contribution in [-0.2, 0) is 0 Å². The summed E-state index contributed by atoms with van der Waals surface area (Å²) in [4.78, 5) is 5.34. The molecule has 0 saturated carbocycles. The molecular formula is C66H66B2F8N4. The van der Waals surface area contributed by atoms with Gasteiger partial charge in [-0.15, -0.1) is 0 Å². The Hall–Kier alpha value is -7.73. The fraction of sp³-hybridized carbons (Fsp3) is 0.242. The average Bonchev–Trinajstić information content (AvgIpc) is 4.33. The summed E-state index contributed by atoms with van der Waals surface area (Å²) < 4.78 is 63.3. The molecule has 8 aromatic carbocycles. The molecule has 0 bridgehead atoms. The van der Waals surface area contributed by atoms with Gasteiger partial charge < -0.3 is 9.41 Å². The van der Waals surface area contributed by atoms with Gasteiger partial charge >= 0.3 is 15.1 Å². The normalized spacial score (nSPS) is 21.7. The number of hydrogen-bond acceptors (Lipinski definition) is 0. The lowest BCUT2D eigenvalue weighted by Crippen LogP contribution is -3.00. The van der Waals surface area contributed by atoms with Crippen LogP contribution in [0.4, 0.5) is 25.9 Å². The van der Waals surface area contributed by atoms with Crippen molar-refractivity contribution in [3.63, 3.8) is 0 Å². The first-order chi connectivity index (χ1) is 38.2. The van der Waals surface area contributed by atoms with Crippen LogP contribution < -0.4 is 9.41 Å². The third kappa shape index (κ3) is 15.3. The Morgan fingerprint density at radius 1 is 0.263 bits per heavy atom. The van der Waals surface area contributed by atoms with E-state index in [0.717, 1.165) is 0 Å². The van der Waals surface area contributed by atoms with Crippen LogP contribution in [0, 0.1) is 0 Å². The van der Waals surface area contributed by atoms with Gasteiger partial charge in [0.25, 0.3) is 0 Å². The molecule has 4 aliphatic rings. The molecule has 12 rings (SSSR count). The van der Waals surface area contributed by atoms with Crippen LogP contribution in [0.2, 0.25) is 0 Å². The van der Waals surface area contributed by atoms with E-state index in [1.54, 1.807) is 0 Å². The largest absolute Gasteiger partial charge is 1.00 e. The van der Waals surface area contributed by atoms with Crippen molar-refractivity contribution in [1.82, 2.24) is 9.80 Å². The maximum absolute atomic E-state index is 9.67. The molecule has 8 aromatic rings. The van der Waals surface area contributed by atoms with Crippen LogP contribution in [-0.4, -0.2) is 46.7 Å². The van der Waals surface area contributed by atoms with Gasteiger partial charge in [0.05, 0.1) is 0 Å². The van der Waals surface area contributed by atoms with Crippen molar-refractivity contribution in [3.05, 3.63) is 287 Å². The van der Waals surface area contributed by atoms with Crippen LogP contribution in [0.15, 0.2) is 243 Å². The quantitative estimate of drug-likeness (QED) is 0.0586. The fourth-order valence-corrected chi connectivity index (χ4v) is 12.4. The van der Waals surface area contributed by atoms with Crippen LogP contribution in [0.1, 0.15) is 144 Å². The van der Waals surface area contributed by atoms with Crippen molar-refractivity contribution in [2.45, 2.75) is 99.7 Å². The molecule has 0 spiro atoms. The highest BCUT2D eigenvalue weighted by Crippen LogP contribution is 2.48. The summed E-state index contributed by atoms with van der Waals surface area (Å²) in [6, 6.07) is 91.7. The second-order valence-corrected chi connectivity index (χ2v) is 20.2. The lowest BCUT2D eigenvalue weighted by Gasteiger charge is -2.26. The van der Waals surface area contributed by atoms with E-state index in [-0.39, 0.29) is 9.41 Å². The van der Waals surface area contributed by atoms with E-state index in [1.807, 2.05) is 0 Å². The van der Waals surface area contributed by atoms with Gasteiger partial charge in [-0.3, -0.25) is 44.8 Å². The second kappa shape index (κ2) is 30.0. The molecule has 4 heterocycles. The number of hydrogen-bond donors (Lipinski definition) is 0. The third-order valence-corrected chi connectivity index (χ3v) is 15.7. The Bertz CT molecular complexity index is 2660. The Labute approximate surface area is 467 Å². The molecule has 0 amide bonds. The first-order valence-corrected chi connectivity index (χ1v) is 27.3. The monoisotopic (exact) mass is 1090 g/mol. The van der Waals surface area contributed by atoms with Gasteiger partial charge in [0.15, 0.2) is 0 Å². The van der Waals surface area contributed by atoms with Gasteiger partial charge in [0.2, 0.25) is 12.7 Å². The van der Waals surface area contributed by atoms with Crippen LogP contribution in [0.3, 0.4) is 0 Å². The van der Waals surface area contributed by atoms with E-state index in [2.05, 4.69) is 274 Å². The molecule has 0 radical (unpaired) electrons. The van der Waals surface area contributed by atoms with E-state index in [4.69, 9.17) is 0 Å². The second-order valence-electron chi connectivity index (χ2n) is 20.2. The number of likely N-dealkylation sites (tertiary alicyclic amines) is 2. The Kier molecular flexibility index (Phi) is 22.5. The minimum absolute atomic E-state index is 0. The van der Waals surface area contributed by atoms with Crippen molar-refractivity contribution in [2.24, 2.45) is 0 Å². The lowest BCUT2D eigenvalue weighted by molar-refractivity contribution is -0.590. The molecular weight excluding hydrogens is 1020 g/mol. The SMILES string of the molecule is C(N1[C@@H](c2ccccc2)CC[C@@H]1c1ccccc1)=[N+]1[C@@H](c2ccccc2)CC[C@@H]1c1ccccc1.C(N1[C@H](c2ccccc2)CC[C@H]1c1ccccc1)=[N+]1[C@H](c2ccccc2)CC[C@H]1c1ccccc1.FB(F)F.FB(F)F.[F-].[F-]. The zero-order valence-corrected chi connectivity index (χ0v) is 44.5. The maximum Gasteiger partial charge on any atom is 0.762 e. The average molecular weight is 1090 g/mol. The minimum Gasteiger partial charge on any atom is -1.00 e. The molecule has 80 heavy (non-hydrogen) atoms. The predicted molar refractivity (Wildman–Crippen MR) is 305 cm³/mol. The summed E-state index contributed by atoms with van der Waals surface area (Å²) in [5, 5.41) is 0. The summed E-state index contributed by atoms with van der Waals surface area (Å²) in [5.74, 6) is 0. The predicted octanol–water partition coefficient (Wildman–Crippen LogP) is 11.5. The zero-order chi connectivity index (χ0) is 54.1. The molecule has 0 unspecified atom stereocenters. The smallest absolute Gasteiger partial charge is 0.762 e. The molecule has 0 aromatic heterocycles. The Morgan fingerprint density at radius 2 is 0.412 bits per heavy atom. The molecule has 8 atom stereocenters. The van der Waals surface area contributed by atoms with Gasteiger partial charge in [0.1, 0.15) is 48.3 Å². The van der Waals surface area contributed by atoms with E-state index >= 15 is 0 Å².